The van der Waals surface area contributed by atoms with E-state index < -0.39 is 6.04 Å². The molecule has 0 spiro atoms. The van der Waals surface area contributed by atoms with Crippen LogP contribution in [0.4, 0.5) is 0 Å². The average Bonchev–Trinajstić information content (AvgIpc) is 3.84. The standard InChI is InChI=1S/C46H29N3/c1-3-14-31(15-4-1)47-40-21-11-9-19-35(40)37-27-33(24-26-42(37)47)49-41-22-12-10-20-36(41)38-28-39-45(29-44(38)49)48(32-16-5-2-6-17-32)43-25-23-30-13-7-8-18-34(30)46(39)43/h1-29H/i2D,5D,6D,16D,17D. The Kier molecular flexibility index (Phi) is 4.49. The van der Waals surface area contributed by atoms with E-state index in [0.29, 0.717) is 0 Å². The summed E-state index contributed by atoms with van der Waals surface area (Å²) in [6, 6.07) is 49.0. The van der Waals surface area contributed by atoms with Crippen LogP contribution in [0.1, 0.15) is 6.85 Å². The molecule has 0 aliphatic heterocycles. The SMILES string of the molecule is [2H]c1c([2H])c([2H])c(-n2c3cc4c(cc3c3c5ccccc5ccc32)c2ccccc2n4-c2ccc3c(c2)c2ccccc2n3-c2ccccc2)c([2H])c1[2H]. The van der Waals surface area contributed by atoms with Gasteiger partial charge in [-0.15, -0.1) is 0 Å². The molecule has 3 nitrogen and oxygen atoms in total. The second kappa shape index (κ2) is 9.96. The lowest BCUT2D eigenvalue weighted by Crippen LogP contribution is -1.96. The minimum atomic E-state index is -0.411. The summed E-state index contributed by atoms with van der Waals surface area (Å²) in [7, 11) is 0. The zero-order chi connectivity index (χ0) is 36.4. The Morgan fingerprint density at radius 1 is 0.327 bits per heavy atom. The molecule has 0 amide bonds. The molecule has 8 aromatic carbocycles. The van der Waals surface area contributed by atoms with Gasteiger partial charge in [0.05, 0.1) is 40.0 Å². The molecule has 0 aliphatic carbocycles. The summed E-state index contributed by atoms with van der Waals surface area (Å²) in [5, 5.41) is 8.50. The molecule has 0 bridgehead atoms. The van der Waals surface area contributed by atoms with E-state index in [1.165, 1.54) is 0 Å². The predicted molar refractivity (Wildman–Crippen MR) is 207 cm³/mol. The molecular weight excluding hydrogens is 595 g/mol. The first-order chi connectivity index (χ1) is 26.4. The first-order valence-corrected chi connectivity index (χ1v) is 16.5. The van der Waals surface area contributed by atoms with Crippen molar-refractivity contribution in [3.63, 3.8) is 0 Å². The number of hydrogen-bond acceptors (Lipinski definition) is 0. The molecule has 0 N–H and O–H groups in total. The van der Waals surface area contributed by atoms with Gasteiger partial charge in [-0.3, -0.25) is 0 Å². The molecule has 0 aliphatic rings. The van der Waals surface area contributed by atoms with Gasteiger partial charge in [-0.05, 0) is 83.5 Å². The quantitative estimate of drug-likeness (QED) is 0.185. The summed E-state index contributed by atoms with van der Waals surface area (Å²) in [5.74, 6) is 0. The van der Waals surface area contributed by atoms with Gasteiger partial charge >= 0.3 is 0 Å². The van der Waals surface area contributed by atoms with Gasteiger partial charge in [-0.2, -0.15) is 0 Å². The van der Waals surface area contributed by atoms with Gasteiger partial charge in [0.1, 0.15) is 0 Å². The van der Waals surface area contributed by atoms with Crippen molar-refractivity contribution in [3.8, 4) is 17.1 Å². The Balaban J connectivity index is 1.29. The smallest absolute Gasteiger partial charge is 0.0645 e. The van der Waals surface area contributed by atoms with Crippen LogP contribution >= 0.6 is 0 Å². The Bertz CT molecular complexity index is 3360. The summed E-state index contributed by atoms with van der Waals surface area (Å²) in [6.07, 6.45) is 0. The highest BCUT2D eigenvalue weighted by molar-refractivity contribution is 6.25. The topological polar surface area (TPSA) is 14.8 Å². The molecule has 0 fully saturated rings. The number of nitrogens with zero attached hydrogens (tertiary/aromatic N) is 3. The highest BCUT2D eigenvalue weighted by atomic mass is 15.0. The Morgan fingerprint density at radius 2 is 0.898 bits per heavy atom. The fourth-order valence-electron chi connectivity index (χ4n) is 8.08. The van der Waals surface area contributed by atoms with Crippen molar-refractivity contribution in [2.45, 2.75) is 0 Å². The summed E-state index contributed by atoms with van der Waals surface area (Å²) < 4.78 is 50.1. The normalized spacial score (nSPS) is 13.5. The van der Waals surface area contributed by atoms with Crippen molar-refractivity contribution in [1.29, 1.82) is 0 Å². The van der Waals surface area contributed by atoms with E-state index in [0.717, 1.165) is 87.6 Å². The lowest BCUT2D eigenvalue weighted by atomic mass is 10.0. The van der Waals surface area contributed by atoms with Crippen molar-refractivity contribution < 1.29 is 6.85 Å². The van der Waals surface area contributed by atoms with E-state index >= 15 is 0 Å². The van der Waals surface area contributed by atoms with E-state index in [9.17, 15) is 0 Å². The third-order valence-corrected chi connectivity index (χ3v) is 10.1. The van der Waals surface area contributed by atoms with Crippen LogP contribution in [0.3, 0.4) is 0 Å². The third-order valence-electron chi connectivity index (χ3n) is 10.1. The molecule has 11 rings (SSSR count). The fraction of sp³-hybridized carbons (Fsp3) is 0. The maximum atomic E-state index is 9.06. The van der Waals surface area contributed by atoms with Crippen LogP contribution < -0.4 is 0 Å². The largest absolute Gasteiger partial charge is 0.309 e. The van der Waals surface area contributed by atoms with Gasteiger partial charge in [0.2, 0.25) is 0 Å². The molecular formula is C46H29N3. The van der Waals surface area contributed by atoms with E-state index in [-0.39, 0.29) is 29.9 Å². The van der Waals surface area contributed by atoms with Crippen LogP contribution in [0.2, 0.25) is 0 Å². The predicted octanol–water partition coefficient (Wildman–Crippen LogP) is 12.1. The average molecular weight is 629 g/mol. The Morgan fingerprint density at radius 3 is 1.67 bits per heavy atom. The van der Waals surface area contributed by atoms with E-state index in [1.807, 2.05) is 34.9 Å². The Labute approximate surface area is 289 Å². The van der Waals surface area contributed by atoms with Crippen LogP contribution in [0, 0.1) is 0 Å². The highest BCUT2D eigenvalue weighted by Crippen LogP contribution is 2.42. The highest BCUT2D eigenvalue weighted by Gasteiger charge is 2.20. The van der Waals surface area contributed by atoms with Gasteiger partial charge < -0.3 is 13.7 Å². The maximum Gasteiger partial charge on any atom is 0.0645 e. The molecule has 0 atom stereocenters. The lowest BCUT2D eigenvalue weighted by molar-refractivity contribution is 1.16. The third kappa shape index (κ3) is 3.67. The molecule has 11 aromatic rings. The van der Waals surface area contributed by atoms with Crippen LogP contribution in [0.5, 0.6) is 0 Å². The molecule has 3 heterocycles. The number of benzene rings is 8. The maximum absolute atomic E-state index is 9.06. The van der Waals surface area contributed by atoms with Gasteiger partial charge in [0, 0.05) is 49.4 Å². The summed E-state index contributed by atoms with van der Waals surface area (Å²) in [4.78, 5) is 0. The second-order valence-electron chi connectivity index (χ2n) is 12.6. The zero-order valence-electron chi connectivity index (χ0n) is 31.2. The van der Waals surface area contributed by atoms with Crippen LogP contribution in [0.25, 0.3) is 93.3 Å². The van der Waals surface area contributed by atoms with Crippen LogP contribution in [0.15, 0.2) is 176 Å². The molecule has 228 valence electrons. The summed E-state index contributed by atoms with van der Waals surface area (Å²) >= 11 is 0. The van der Waals surface area contributed by atoms with Gasteiger partial charge in [0.15, 0.2) is 0 Å². The summed E-state index contributed by atoms with van der Waals surface area (Å²) in [5.41, 5.74) is 8.03. The minimum Gasteiger partial charge on any atom is -0.309 e. The zero-order valence-corrected chi connectivity index (χ0v) is 26.2. The Hall–Kier alpha value is -6.58. The van der Waals surface area contributed by atoms with Crippen LogP contribution in [-0.2, 0) is 0 Å². The summed E-state index contributed by atoms with van der Waals surface area (Å²) in [6.45, 7) is 0. The van der Waals surface area contributed by atoms with Crippen molar-refractivity contribution in [2.24, 2.45) is 0 Å². The van der Waals surface area contributed by atoms with Crippen molar-refractivity contribution in [3.05, 3.63) is 176 Å². The van der Waals surface area contributed by atoms with Gasteiger partial charge in [0.25, 0.3) is 0 Å². The molecule has 0 saturated heterocycles. The fourth-order valence-corrected chi connectivity index (χ4v) is 8.08. The second-order valence-corrected chi connectivity index (χ2v) is 12.6. The monoisotopic (exact) mass is 628 g/mol. The minimum absolute atomic E-state index is 0.133. The number of hydrogen-bond donors (Lipinski definition) is 0. The van der Waals surface area contributed by atoms with E-state index in [2.05, 4.69) is 124 Å². The molecule has 0 radical (unpaired) electrons. The van der Waals surface area contributed by atoms with Crippen molar-refractivity contribution in [2.75, 3.05) is 0 Å². The van der Waals surface area contributed by atoms with Crippen molar-refractivity contribution >= 4 is 76.2 Å². The van der Waals surface area contributed by atoms with E-state index in [1.54, 1.807) is 0 Å². The first kappa shape index (κ1) is 22.1. The molecule has 3 aromatic heterocycles. The number of aromatic nitrogens is 3. The lowest BCUT2D eigenvalue weighted by Gasteiger charge is -2.11. The molecule has 0 unspecified atom stereocenters. The number of para-hydroxylation sites is 4. The van der Waals surface area contributed by atoms with Gasteiger partial charge in [-0.25, -0.2) is 0 Å². The van der Waals surface area contributed by atoms with E-state index in [4.69, 9.17) is 6.85 Å². The van der Waals surface area contributed by atoms with Crippen molar-refractivity contribution in [1.82, 2.24) is 13.7 Å². The van der Waals surface area contributed by atoms with Gasteiger partial charge in [-0.1, -0.05) is 103 Å². The number of rotatable bonds is 3. The van der Waals surface area contributed by atoms with Crippen LogP contribution in [-0.4, -0.2) is 13.7 Å². The molecule has 49 heavy (non-hydrogen) atoms. The molecule has 0 saturated carbocycles. The number of fused-ring (bicyclic) bond motifs is 11. The first-order valence-electron chi connectivity index (χ1n) is 19.0. The molecule has 3 heteroatoms.